The number of phenolic OH excluding ortho intramolecular Hbond substituents is 1. The number of phenols is 1. The number of aryl methyl sites for hydroxylation is 1. The first-order valence-corrected chi connectivity index (χ1v) is 14.2. The van der Waals surface area contributed by atoms with E-state index in [0.717, 1.165) is 69.6 Å². The summed E-state index contributed by atoms with van der Waals surface area (Å²) < 4.78 is 6.74. The van der Waals surface area contributed by atoms with E-state index >= 15 is 0 Å². The van der Waals surface area contributed by atoms with E-state index in [4.69, 9.17) is 4.74 Å². The molecule has 1 saturated heterocycles. The minimum atomic E-state index is -0.790. The molecule has 3 aliphatic carbocycles. The van der Waals surface area contributed by atoms with Gasteiger partial charge in [0.25, 0.3) is 0 Å². The van der Waals surface area contributed by atoms with Crippen LogP contribution in [0.15, 0.2) is 42.5 Å². The van der Waals surface area contributed by atoms with Crippen molar-refractivity contribution in [3.8, 4) is 11.5 Å². The first kappa shape index (κ1) is 25.5. The summed E-state index contributed by atoms with van der Waals surface area (Å²) in [5.41, 5.74) is 2.62. The number of hydrogen-bond acceptors (Lipinski definition) is 5. The molecule has 0 radical (unpaired) electrons. The molecule has 2 aliphatic heterocycles. The van der Waals surface area contributed by atoms with Crippen LogP contribution in [-0.2, 0) is 18.3 Å². The van der Waals surface area contributed by atoms with Crippen molar-refractivity contribution in [2.75, 3.05) is 26.7 Å². The lowest BCUT2D eigenvalue weighted by Gasteiger charge is -2.64. The number of ether oxygens (including phenoxy) is 1. The van der Waals surface area contributed by atoms with E-state index in [1.807, 2.05) is 6.07 Å². The molecule has 0 amide bonds. The van der Waals surface area contributed by atoms with Crippen LogP contribution in [-0.4, -0.2) is 70.5 Å². The van der Waals surface area contributed by atoms with Gasteiger partial charge in [-0.3, -0.25) is 9.80 Å². The molecule has 2 saturated carbocycles. The third-order valence-electron chi connectivity index (χ3n) is 10.4. The van der Waals surface area contributed by atoms with E-state index in [9.17, 15) is 10.2 Å². The molecule has 0 aromatic heterocycles. The van der Waals surface area contributed by atoms with Crippen LogP contribution in [0.4, 0.5) is 0 Å². The molecule has 2 N–H and O–H groups in total. The van der Waals surface area contributed by atoms with Gasteiger partial charge in [-0.15, -0.1) is 12.4 Å². The summed E-state index contributed by atoms with van der Waals surface area (Å²) in [5.74, 6) is 1.71. The van der Waals surface area contributed by atoms with Crippen LogP contribution >= 0.6 is 12.4 Å². The molecular weight excluding hydrogens is 484 g/mol. The Labute approximate surface area is 227 Å². The second-order valence-electron chi connectivity index (χ2n) is 12.3. The standard InChI is InChI=1S/C31H40N2O3.ClH/c1-32(17-6-5-9-21-7-3-2-4-8-21)24-14-15-31(35)26-19-23-12-13-25(34)28-27(23)30(31,29(24)36-28)16-18-33(26)20-22-10-11-22;/h2-4,7-8,12-13,22,24,26,29,34-35H,5-6,9-11,14-20H2,1H3;1H/t24-,26+,29-,30-,31+;/m0./s1. The van der Waals surface area contributed by atoms with E-state index in [0.29, 0.717) is 5.75 Å². The number of aliphatic hydroxyl groups is 1. The van der Waals surface area contributed by atoms with Crippen LogP contribution in [0.5, 0.6) is 11.5 Å². The van der Waals surface area contributed by atoms with Gasteiger partial charge in [0.1, 0.15) is 6.10 Å². The van der Waals surface area contributed by atoms with Gasteiger partial charge in [-0.2, -0.15) is 0 Å². The normalized spacial score (nSPS) is 33.5. The Morgan fingerprint density at radius 1 is 1.05 bits per heavy atom. The number of likely N-dealkylation sites (tertiary alicyclic amines) is 1. The van der Waals surface area contributed by atoms with Crippen LogP contribution in [0.3, 0.4) is 0 Å². The van der Waals surface area contributed by atoms with E-state index < -0.39 is 11.0 Å². The second kappa shape index (κ2) is 9.44. The first-order valence-electron chi connectivity index (χ1n) is 14.2. The maximum Gasteiger partial charge on any atom is 0.165 e. The van der Waals surface area contributed by atoms with Gasteiger partial charge in [-0.25, -0.2) is 0 Å². The lowest BCUT2D eigenvalue weighted by atomic mass is 9.48. The van der Waals surface area contributed by atoms with E-state index in [-0.39, 0.29) is 36.3 Å². The Kier molecular flexibility index (Phi) is 6.50. The number of hydrogen-bond donors (Lipinski definition) is 2. The van der Waals surface area contributed by atoms with Gasteiger partial charge >= 0.3 is 0 Å². The number of unbranched alkanes of at least 4 members (excludes halogenated alkanes) is 1. The third-order valence-corrected chi connectivity index (χ3v) is 10.4. The largest absolute Gasteiger partial charge is 0.504 e. The van der Waals surface area contributed by atoms with Crippen molar-refractivity contribution in [2.24, 2.45) is 5.92 Å². The van der Waals surface area contributed by atoms with Gasteiger partial charge in [-0.1, -0.05) is 36.4 Å². The van der Waals surface area contributed by atoms with Crippen LogP contribution in [0.1, 0.15) is 61.6 Å². The lowest BCUT2D eigenvalue weighted by Crippen LogP contribution is -2.78. The molecule has 2 heterocycles. The van der Waals surface area contributed by atoms with Crippen molar-refractivity contribution in [2.45, 2.75) is 87.0 Å². The molecule has 5 aliphatic rings. The third kappa shape index (κ3) is 3.83. The number of nitrogens with zero attached hydrogens (tertiary/aromatic N) is 2. The van der Waals surface area contributed by atoms with Crippen LogP contribution in [0.25, 0.3) is 0 Å². The number of aromatic hydroxyl groups is 1. The smallest absolute Gasteiger partial charge is 0.165 e. The molecule has 200 valence electrons. The van der Waals surface area contributed by atoms with Crippen molar-refractivity contribution in [3.63, 3.8) is 0 Å². The highest BCUT2D eigenvalue weighted by molar-refractivity contribution is 5.85. The van der Waals surface area contributed by atoms with E-state index in [2.05, 4.69) is 53.2 Å². The fraction of sp³-hybridized carbons (Fsp3) is 0.613. The van der Waals surface area contributed by atoms with Gasteiger partial charge in [0.2, 0.25) is 0 Å². The zero-order valence-corrected chi connectivity index (χ0v) is 22.8. The fourth-order valence-electron chi connectivity index (χ4n) is 8.41. The topological polar surface area (TPSA) is 56.2 Å². The van der Waals surface area contributed by atoms with Gasteiger partial charge < -0.3 is 14.9 Å². The van der Waals surface area contributed by atoms with E-state index in [1.165, 1.54) is 30.4 Å². The first-order chi connectivity index (χ1) is 17.5. The molecule has 6 heteroatoms. The van der Waals surface area contributed by atoms with Crippen molar-refractivity contribution >= 4 is 12.4 Å². The predicted octanol–water partition coefficient (Wildman–Crippen LogP) is 4.70. The summed E-state index contributed by atoms with van der Waals surface area (Å²) in [5, 5.41) is 23.5. The van der Waals surface area contributed by atoms with Crippen LogP contribution < -0.4 is 4.74 Å². The minimum Gasteiger partial charge on any atom is -0.504 e. The Morgan fingerprint density at radius 3 is 2.65 bits per heavy atom. The molecule has 2 aromatic carbocycles. The quantitative estimate of drug-likeness (QED) is 0.490. The molecule has 3 fully saturated rings. The number of benzene rings is 2. The summed E-state index contributed by atoms with van der Waals surface area (Å²) in [6, 6.07) is 15.1. The second-order valence-corrected chi connectivity index (χ2v) is 12.3. The molecule has 0 unspecified atom stereocenters. The highest BCUT2D eigenvalue weighted by atomic mass is 35.5. The van der Waals surface area contributed by atoms with Gasteiger partial charge in [0, 0.05) is 24.2 Å². The molecule has 7 rings (SSSR count). The summed E-state index contributed by atoms with van der Waals surface area (Å²) in [7, 11) is 2.24. The SMILES string of the molecule is CN(CCCCc1ccccc1)[C@H]1CC[C@@]2(O)[C@H]3Cc4ccc(O)c5c4[C@@]2(CCN3CC2CC2)[C@H]1O5.Cl. The number of rotatable bonds is 8. The summed E-state index contributed by atoms with van der Waals surface area (Å²) in [6.45, 7) is 3.17. The van der Waals surface area contributed by atoms with Crippen LogP contribution in [0, 0.1) is 5.92 Å². The average molecular weight is 525 g/mol. The lowest BCUT2D eigenvalue weighted by molar-refractivity contribution is -0.199. The molecule has 2 aromatic rings. The Balaban J connectivity index is 0.00000252. The van der Waals surface area contributed by atoms with Crippen molar-refractivity contribution in [1.82, 2.24) is 9.80 Å². The monoisotopic (exact) mass is 524 g/mol. The maximum atomic E-state index is 12.6. The molecule has 5 nitrogen and oxygen atoms in total. The van der Waals surface area contributed by atoms with Crippen LogP contribution in [0.2, 0.25) is 0 Å². The highest BCUT2D eigenvalue weighted by Gasteiger charge is 2.73. The zero-order valence-electron chi connectivity index (χ0n) is 21.9. The van der Waals surface area contributed by atoms with Gasteiger partial charge in [0.15, 0.2) is 11.5 Å². The number of likely N-dealkylation sites (N-methyl/N-ethyl adjacent to an activating group) is 1. The van der Waals surface area contributed by atoms with Crippen molar-refractivity contribution < 1.29 is 14.9 Å². The maximum absolute atomic E-state index is 12.6. The van der Waals surface area contributed by atoms with Gasteiger partial charge in [0.05, 0.1) is 11.0 Å². The number of halogens is 1. The highest BCUT2D eigenvalue weighted by Crippen LogP contribution is 2.66. The summed E-state index contributed by atoms with van der Waals surface area (Å²) in [6.07, 6.45) is 9.53. The Morgan fingerprint density at radius 2 is 1.86 bits per heavy atom. The fourth-order valence-corrected chi connectivity index (χ4v) is 8.41. The van der Waals surface area contributed by atoms with Gasteiger partial charge in [-0.05, 0) is 101 Å². The average Bonchev–Trinajstić information content (AvgIpc) is 3.63. The summed E-state index contributed by atoms with van der Waals surface area (Å²) in [4.78, 5) is 5.11. The van der Waals surface area contributed by atoms with E-state index in [1.54, 1.807) is 0 Å². The predicted molar refractivity (Wildman–Crippen MR) is 148 cm³/mol. The molecule has 2 bridgehead atoms. The molecule has 1 spiro atoms. The van der Waals surface area contributed by atoms with Crippen molar-refractivity contribution in [1.29, 1.82) is 0 Å². The number of piperidine rings is 1. The molecule has 5 atom stereocenters. The Bertz CT molecular complexity index is 1140. The Hall–Kier alpha value is -1.79. The molecular formula is C31H41ClN2O3. The minimum absolute atomic E-state index is 0. The molecule has 37 heavy (non-hydrogen) atoms. The zero-order chi connectivity index (χ0) is 24.5. The van der Waals surface area contributed by atoms with Crippen molar-refractivity contribution in [3.05, 3.63) is 59.2 Å². The summed E-state index contributed by atoms with van der Waals surface area (Å²) >= 11 is 0.